The third-order valence-electron chi connectivity index (χ3n) is 4.50. The number of hydrogen-bond acceptors (Lipinski definition) is 6. The topological polar surface area (TPSA) is 93.5 Å². The Morgan fingerprint density at radius 2 is 2.24 bits per heavy atom. The van der Waals surface area contributed by atoms with Crippen LogP contribution in [-0.4, -0.2) is 52.1 Å². The molecule has 1 aliphatic heterocycles. The highest BCUT2D eigenvalue weighted by Gasteiger charge is 2.38. The summed E-state index contributed by atoms with van der Waals surface area (Å²) in [5.74, 6) is 1.89. The Hall–Kier alpha value is -2.19. The molecule has 2 atom stereocenters. The van der Waals surface area contributed by atoms with Gasteiger partial charge in [-0.25, -0.2) is 9.97 Å². The molecule has 3 heterocycles. The van der Waals surface area contributed by atoms with Gasteiger partial charge >= 0.3 is 0 Å². The lowest BCUT2D eigenvalue weighted by Crippen LogP contribution is -2.35. The Labute approximate surface area is 146 Å². The summed E-state index contributed by atoms with van der Waals surface area (Å²) in [6.45, 7) is 6.40. The minimum atomic E-state index is -0.127. The molecule has 0 radical (unpaired) electrons. The normalized spacial score (nSPS) is 20.4. The molecule has 8 heteroatoms. The third kappa shape index (κ3) is 3.91. The smallest absolute Gasteiger partial charge is 0.249 e. The van der Waals surface area contributed by atoms with Gasteiger partial charge in [-0.05, 0) is 20.8 Å². The highest BCUT2D eigenvalue weighted by molar-refractivity contribution is 5.78. The van der Waals surface area contributed by atoms with E-state index in [1.54, 1.807) is 18.2 Å². The number of amides is 1. The van der Waals surface area contributed by atoms with E-state index in [1.807, 2.05) is 20.8 Å². The number of aromatic nitrogens is 3. The molecule has 1 N–H and O–H groups in total. The van der Waals surface area contributed by atoms with Gasteiger partial charge in [0.25, 0.3) is 0 Å². The van der Waals surface area contributed by atoms with Gasteiger partial charge < -0.3 is 23.8 Å². The fraction of sp³-hybridized carbons (Fsp3) is 0.588. The highest BCUT2D eigenvalue weighted by atomic mass is 16.5. The van der Waals surface area contributed by atoms with Crippen molar-refractivity contribution in [1.82, 2.24) is 19.9 Å². The van der Waals surface area contributed by atoms with Crippen molar-refractivity contribution in [3.05, 3.63) is 35.1 Å². The van der Waals surface area contributed by atoms with E-state index in [0.717, 1.165) is 23.0 Å². The van der Waals surface area contributed by atoms with Crippen LogP contribution in [0.2, 0.25) is 0 Å². The molecule has 1 fully saturated rings. The highest BCUT2D eigenvalue weighted by Crippen LogP contribution is 2.32. The Morgan fingerprint density at radius 3 is 2.84 bits per heavy atom. The summed E-state index contributed by atoms with van der Waals surface area (Å²) in [6, 6.07) is -0.127. The molecule has 0 aromatic carbocycles. The number of likely N-dealkylation sites (tertiary alicyclic amines) is 1. The van der Waals surface area contributed by atoms with E-state index < -0.39 is 0 Å². The molecule has 1 amide bonds. The molecular formula is C17H24N4O4. The van der Waals surface area contributed by atoms with E-state index in [1.165, 1.54) is 0 Å². The molecule has 2 aromatic rings. The first kappa shape index (κ1) is 17.6. The van der Waals surface area contributed by atoms with E-state index in [4.69, 9.17) is 13.9 Å². The summed E-state index contributed by atoms with van der Waals surface area (Å²) in [4.78, 5) is 26.3. The van der Waals surface area contributed by atoms with Crippen molar-refractivity contribution >= 4 is 5.91 Å². The number of H-pyrrole nitrogens is 1. The number of hydrogen-bond donors (Lipinski definition) is 1. The Balaban J connectivity index is 1.63. The van der Waals surface area contributed by atoms with Crippen LogP contribution < -0.4 is 0 Å². The molecule has 25 heavy (non-hydrogen) atoms. The molecule has 136 valence electrons. The predicted molar refractivity (Wildman–Crippen MR) is 88.8 cm³/mol. The van der Waals surface area contributed by atoms with Crippen molar-refractivity contribution < 1.29 is 18.7 Å². The fourth-order valence-corrected chi connectivity index (χ4v) is 3.01. The summed E-state index contributed by atoms with van der Waals surface area (Å²) in [5, 5.41) is 0. The van der Waals surface area contributed by atoms with Crippen LogP contribution in [0.5, 0.6) is 0 Å². The van der Waals surface area contributed by atoms with Crippen molar-refractivity contribution in [2.24, 2.45) is 0 Å². The summed E-state index contributed by atoms with van der Waals surface area (Å²) in [6.07, 6.45) is 2.34. The Kier molecular flexibility index (Phi) is 5.19. The zero-order valence-corrected chi connectivity index (χ0v) is 15.0. The van der Waals surface area contributed by atoms with Gasteiger partial charge in [0, 0.05) is 25.8 Å². The van der Waals surface area contributed by atoms with Crippen LogP contribution in [0.4, 0.5) is 0 Å². The first-order chi connectivity index (χ1) is 12.0. The number of oxazole rings is 1. The van der Waals surface area contributed by atoms with E-state index >= 15 is 0 Å². The van der Waals surface area contributed by atoms with E-state index in [-0.39, 0.29) is 31.3 Å². The maximum atomic E-state index is 12.6. The van der Waals surface area contributed by atoms with Gasteiger partial charge in [0.15, 0.2) is 0 Å². The molecule has 1 saturated heterocycles. The van der Waals surface area contributed by atoms with E-state index in [2.05, 4.69) is 15.0 Å². The van der Waals surface area contributed by atoms with Gasteiger partial charge in [0.05, 0.1) is 24.0 Å². The van der Waals surface area contributed by atoms with Crippen LogP contribution in [0, 0.1) is 20.8 Å². The molecular weight excluding hydrogens is 324 g/mol. The summed E-state index contributed by atoms with van der Waals surface area (Å²) in [5.41, 5.74) is 1.96. The minimum absolute atomic E-state index is 0.00551. The summed E-state index contributed by atoms with van der Waals surface area (Å²) < 4.78 is 16.3. The number of imidazole rings is 1. The van der Waals surface area contributed by atoms with Gasteiger partial charge in [0.2, 0.25) is 11.8 Å². The van der Waals surface area contributed by atoms with Gasteiger partial charge in [-0.15, -0.1) is 0 Å². The second-order valence-corrected chi connectivity index (χ2v) is 6.35. The number of rotatable bonds is 6. The van der Waals surface area contributed by atoms with Gasteiger partial charge in [0.1, 0.15) is 24.8 Å². The zero-order chi connectivity index (χ0) is 18.0. The van der Waals surface area contributed by atoms with Gasteiger partial charge in [-0.1, -0.05) is 0 Å². The van der Waals surface area contributed by atoms with Gasteiger partial charge in [-0.2, -0.15) is 0 Å². The summed E-state index contributed by atoms with van der Waals surface area (Å²) >= 11 is 0. The maximum absolute atomic E-state index is 12.6. The summed E-state index contributed by atoms with van der Waals surface area (Å²) in [7, 11) is 1.66. The largest absolute Gasteiger partial charge is 0.443 e. The number of aryl methyl sites for hydroxylation is 3. The van der Waals surface area contributed by atoms with Crippen LogP contribution in [0.25, 0.3) is 0 Å². The standard InChI is InChI=1S/C17H24N4O4/c1-10-6-18-15(25-10)8-24-9-16(22)21-7-13(23-4)5-14(21)17-19-11(2)12(3)20-17/h6,13-14H,5,7-9H2,1-4H3,(H,19,20)/t13-,14+/m1/s1. The SMILES string of the molecule is CO[C@@H]1C[C@@H](c2nc(C)c(C)[nH]2)N(C(=O)COCc2ncc(C)o2)C1. The third-order valence-corrected chi connectivity index (χ3v) is 4.50. The average Bonchev–Trinajstić information content (AvgIpc) is 3.27. The van der Waals surface area contributed by atoms with Crippen molar-refractivity contribution in [1.29, 1.82) is 0 Å². The van der Waals surface area contributed by atoms with Crippen LogP contribution in [0.15, 0.2) is 10.6 Å². The molecule has 0 bridgehead atoms. The van der Waals surface area contributed by atoms with Crippen LogP contribution in [0.3, 0.4) is 0 Å². The maximum Gasteiger partial charge on any atom is 0.249 e. The number of nitrogens with zero attached hydrogens (tertiary/aromatic N) is 3. The lowest BCUT2D eigenvalue weighted by molar-refractivity contribution is -0.138. The van der Waals surface area contributed by atoms with Crippen molar-refractivity contribution in [2.75, 3.05) is 20.3 Å². The average molecular weight is 348 g/mol. The van der Waals surface area contributed by atoms with E-state index in [9.17, 15) is 4.79 Å². The van der Waals surface area contributed by atoms with Crippen LogP contribution in [0.1, 0.15) is 41.3 Å². The zero-order valence-electron chi connectivity index (χ0n) is 15.0. The lowest BCUT2D eigenvalue weighted by atomic mass is 10.2. The molecule has 8 nitrogen and oxygen atoms in total. The minimum Gasteiger partial charge on any atom is -0.443 e. The first-order valence-electron chi connectivity index (χ1n) is 8.32. The van der Waals surface area contributed by atoms with Crippen molar-refractivity contribution in [3.63, 3.8) is 0 Å². The molecule has 3 rings (SSSR count). The number of carbonyl (C=O) groups is 1. The molecule has 1 aliphatic rings. The first-order valence-corrected chi connectivity index (χ1v) is 8.32. The number of carbonyl (C=O) groups excluding carboxylic acids is 1. The second-order valence-electron chi connectivity index (χ2n) is 6.35. The van der Waals surface area contributed by atoms with Crippen molar-refractivity contribution in [3.8, 4) is 0 Å². The predicted octanol–water partition coefficient (Wildman–Crippen LogP) is 1.83. The number of ether oxygens (including phenoxy) is 2. The number of aromatic amines is 1. The molecule has 0 aliphatic carbocycles. The Bertz CT molecular complexity index is 719. The fourth-order valence-electron chi connectivity index (χ4n) is 3.01. The molecule has 0 unspecified atom stereocenters. The molecule has 2 aromatic heterocycles. The van der Waals surface area contributed by atoms with Crippen LogP contribution >= 0.6 is 0 Å². The quantitative estimate of drug-likeness (QED) is 0.856. The molecule has 0 saturated carbocycles. The van der Waals surface area contributed by atoms with Crippen LogP contribution in [-0.2, 0) is 20.9 Å². The van der Waals surface area contributed by atoms with Crippen molar-refractivity contribution in [2.45, 2.75) is 45.9 Å². The second kappa shape index (κ2) is 7.37. The Morgan fingerprint density at radius 1 is 1.44 bits per heavy atom. The number of methoxy groups -OCH3 is 1. The molecule has 0 spiro atoms. The monoisotopic (exact) mass is 348 g/mol. The van der Waals surface area contributed by atoms with E-state index in [0.29, 0.717) is 18.9 Å². The van der Waals surface area contributed by atoms with Gasteiger partial charge in [-0.3, -0.25) is 4.79 Å². The number of nitrogens with one attached hydrogen (secondary N) is 1. The lowest BCUT2D eigenvalue weighted by Gasteiger charge is -2.22.